The predicted molar refractivity (Wildman–Crippen MR) is 56.9 cm³/mol. The van der Waals surface area contributed by atoms with Gasteiger partial charge in [-0.3, -0.25) is 4.79 Å². The maximum atomic E-state index is 11.3. The molecule has 0 atom stereocenters. The number of unbranched alkanes of at least 4 members (excludes halogenated alkanes) is 3. The van der Waals surface area contributed by atoms with Gasteiger partial charge < -0.3 is 5.32 Å². The number of ketones is 1. The van der Waals surface area contributed by atoms with Crippen LogP contribution >= 0.6 is 0 Å². The Balaban J connectivity index is 3.11. The van der Waals surface area contributed by atoms with Crippen molar-refractivity contribution in [2.45, 2.75) is 51.9 Å². The van der Waals surface area contributed by atoms with Crippen LogP contribution in [-0.4, -0.2) is 19.4 Å². The van der Waals surface area contributed by atoms with Gasteiger partial charge in [0.2, 0.25) is 0 Å². The average molecular weight is 185 g/mol. The van der Waals surface area contributed by atoms with E-state index in [-0.39, 0.29) is 0 Å². The normalized spacial score (nSPS) is 10.3. The molecule has 78 valence electrons. The maximum absolute atomic E-state index is 11.3. The van der Waals surface area contributed by atoms with Crippen LogP contribution in [0.4, 0.5) is 0 Å². The second kappa shape index (κ2) is 9.72. The van der Waals surface area contributed by atoms with Gasteiger partial charge in [0.15, 0.2) is 0 Å². The SMILES string of the molecule is CCCCCCC(=O)CCCNC. The molecule has 0 rings (SSSR count). The summed E-state index contributed by atoms with van der Waals surface area (Å²) in [6.07, 6.45) is 7.36. The first-order chi connectivity index (χ1) is 6.31. The molecule has 0 aromatic carbocycles. The van der Waals surface area contributed by atoms with Crippen LogP contribution in [-0.2, 0) is 4.79 Å². The number of hydrogen-bond donors (Lipinski definition) is 1. The monoisotopic (exact) mass is 185 g/mol. The van der Waals surface area contributed by atoms with E-state index < -0.39 is 0 Å². The number of nitrogens with one attached hydrogen (secondary N) is 1. The summed E-state index contributed by atoms with van der Waals surface area (Å²) in [5, 5.41) is 3.05. The van der Waals surface area contributed by atoms with Gasteiger partial charge in [0.1, 0.15) is 5.78 Å². The van der Waals surface area contributed by atoms with Crippen molar-refractivity contribution in [1.29, 1.82) is 0 Å². The third-order valence-electron chi connectivity index (χ3n) is 2.19. The van der Waals surface area contributed by atoms with Crippen LogP contribution in [0.15, 0.2) is 0 Å². The van der Waals surface area contributed by atoms with E-state index in [1.165, 1.54) is 19.3 Å². The van der Waals surface area contributed by atoms with E-state index in [4.69, 9.17) is 0 Å². The molecule has 0 aliphatic carbocycles. The molecule has 0 aliphatic rings. The van der Waals surface area contributed by atoms with Gasteiger partial charge in [-0.2, -0.15) is 0 Å². The van der Waals surface area contributed by atoms with Gasteiger partial charge in [-0.05, 0) is 26.4 Å². The van der Waals surface area contributed by atoms with Crippen LogP contribution in [0, 0.1) is 0 Å². The number of carbonyl (C=O) groups excluding carboxylic acids is 1. The molecule has 2 nitrogen and oxygen atoms in total. The van der Waals surface area contributed by atoms with Crippen molar-refractivity contribution in [3.8, 4) is 0 Å². The molecule has 0 heterocycles. The summed E-state index contributed by atoms with van der Waals surface area (Å²) in [4.78, 5) is 11.3. The molecular weight excluding hydrogens is 162 g/mol. The second-order valence-electron chi connectivity index (χ2n) is 3.56. The minimum atomic E-state index is 0.436. The Morgan fingerprint density at radius 2 is 1.77 bits per heavy atom. The van der Waals surface area contributed by atoms with E-state index in [9.17, 15) is 4.79 Å². The Labute approximate surface area is 82.1 Å². The van der Waals surface area contributed by atoms with Crippen molar-refractivity contribution in [3.05, 3.63) is 0 Å². The van der Waals surface area contributed by atoms with E-state index in [1.807, 2.05) is 7.05 Å². The Hall–Kier alpha value is -0.370. The molecule has 0 saturated carbocycles. The largest absolute Gasteiger partial charge is 0.320 e. The molecule has 2 heteroatoms. The average Bonchev–Trinajstić information content (AvgIpc) is 2.13. The van der Waals surface area contributed by atoms with Crippen molar-refractivity contribution < 1.29 is 4.79 Å². The number of rotatable bonds is 9. The highest BCUT2D eigenvalue weighted by Crippen LogP contribution is 2.05. The van der Waals surface area contributed by atoms with Crippen LogP contribution in [0.5, 0.6) is 0 Å². The lowest BCUT2D eigenvalue weighted by atomic mass is 10.1. The summed E-state index contributed by atoms with van der Waals surface area (Å²) in [7, 11) is 1.92. The van der Waals surface area contributed by atoms with E-state index in [0.717, 1.165) is 32.2 Å². The Bertz CT molecular complexity index is 123. The topological polar surface area (TPSA) is 29.1 Å². The first-order valence-electron chi connectivity index (χ1n) is 5.47. The van der Waals surface area contributed by atoms with E-state index in [0.29, 0.717) is 5.78 Å². The van der Waals surface area contributed by atoms with Gasteiger partial charge in [-0.25, -0.2) is 0 Å². The quantitative estimate of drug-likeness (QED) is 0.559. The van der Waals surface area contributed by atoms with Crippen molar-refractivity contribution in [1.82, 2.24) is 5.32 Å². The highest BCUT2D eigenvalue weighted by atomic mass is 16.1. The van der Waals surface area contributed by atoms with Crippen LogP contribution in [0.3, 0.4) is 0 Å². The van der Waals surface area contributed by atoms with Crippen molar-refractivity contribution in [2.24, 2.45) is 0 Å². The lowest BCUT2D eigenvalue weighted by Crippen LogP contribution is -2.09. The maximum Gasteiger partial charge on any atom is 0.132 e. The van der Waals surface area contributed by atoms with Crippen LogP contribution < -0.4 is 5.32 Å². The summed E-state index contributed by atoms with van der Waals surface area (Å²) in [6.45, 7) is 3.15. The molecule has 0 spiro atoms. The second-order valence-corrected chi connectivity index (χ2v) is 3.56. The van der Waals surface area contributed by atoms with Crippen LogP contribution in [0.25, 0.3) is 0 Å². The lowest BCUT2D eigenvalue weighted by molar-refractivity contribution is -0.119. The molecule has 0 saturated heterocycles. The van der Waals surface area contributed by atoms with Crippen molar-refractivity contribution >= 4 is 5.78 Å². The van der Waals surface area contributed by atoms with Crippen LogP contribution in [0.1, 0.15) is 51.9 Å². The zero-order valence-corrected chi connectivity index (χ0v) is 9.07. The van der Waals surface area contributed by atoms with Crippen molar-refractivity contribution in [2.75, 3.05) is 13.6 Å². The van der Waals surface area contributed by atoms with Gasteiger partial charge in [0.05, 0.1) is 0 Å². The standard InChI is InChI=1S/C11H23NO/c1-3-4-5-6-8-11(13)9-7-10-12-2/h12H,3-10H2,1-2H3. The third-order valence-corrected chi connectivity index (χ3v) is 2.19. The van der Waals surface area contributed by atoms with Gasteiger partial charge in [-0.1, -0.05) is 26.2 Å². The molecular formula is C11H23NO. The highest BCUT2D eigenvalue weighted by molar-refractivity contribution is 5.78. The summed E-state index contributed by atoms with van der Waals surface area (Å²) in [5.74, 6) is 0.436. The number of Topliss-reactive ketones (excluding diaryl/α,β-unsaturated/α-hetero) is 1. The van der Waals surface area contributed by atoms with Gasteiger partial charge in [0, 0.05) is 12.8 Å². The zero-order valence-electron chi connectivity index (χ0n) is 9.07. The molecule has 0 fully saturated rings. The molecule has 0 bridgehead atoms. The molecule has 0 aliphatic heterocycles. The van der Waals surface area contributed by atoms with Gasteiger partial charge in [-0.15, -0.1) is 0 Å². The summed E-state index contributed by atoms with van der Waals surface area (Å²) < 4.78 is 0. The van der Waals surface area contributed by atoms with E-state index >= 15 is 0 Å². The molecule has 13 heavy (non-hydrogen) atoms. The Morgan fingerprint density at radius 3 is 2.38 bits per heavy atom. The summed E-state index contributed by atoms with van der Waals surface area (Å²) in [5.41, 5.74) is 0. The smallest absolute Gasteiger partial charge is 0.132 e. The van der Waals surface area contributed by atoms with E-state index in [1.54, 1.807) is 0 Å². The molecule has 0 aromatic rings. The number of carbonyl (C=O) groups is 1. The van der Waals surface area contributed by atoms with Gasteiger partial charge in [0.25, 0.3) is 0 Å². The first kappa shape index (κ1) is 12.6. The molecule has 0 unspecified atom stereocenters. The zero-order chi connectivity index (χ0) is 9.94. The summed E-state index contributed by atoms with van der Waals surface area (Å²) >= 11 is 0. The minimum Gasteiger partial charge on any atom is -0.320 e. The molecule has 0 aromatic heterocycles. The number of hydrogen-bond acceptors (Lipinski definition) is 2. The fourth-order valence-electron chi connectivity index (χ4n) is 1.34. The fourth-order valence-corrected chi connectivity index (χ4v) is 1.34. The first-order valence-corrected chi connectivity index (χ1v) is 5.47. The lowest BCUT2D eigenvalue weighted by Gasteiger charge is -2.00. The summed E-state index contributed by atoms with van der Waals surface area (Å²) in [6, 6.07) is 0. The van der Waals surface area contributed by atoms with E-state index in [2.05, 4.69) is 12.2 Å². The van der Waals surface area contributed by atoms with Crippen molar-refractivity contribution in [3.63, 3.8) is 0 Å². The Morgan fingerprint density at radius 1 is 1.08 bits per heavy atom. The fraction of sp³-hybridized carbons (Fsp3) is 0.909. The van der Waals surface area contributed by atoms with Gasteiger partial charge >= 0.3 is 0 Å². The predicted octanol–water partition coefficient (Wildman–Crippen LogP) is 2.53. The third kappa shape index (κ3) is 9.54. The highest BCUT2D eigenvalue weighted by Gasteiger charge is 2.00. The molecule has 1 N–H and O–H groups in total. The molecule has 0 amide bonds. The minimum absolute atomic E-state index is 0.436. The van der Waals surface area contributed by atoms with Crippen LogP contribution in [0.2, 0.25) is 0 Å². The molecule has 0 radical (unpaired) electrons. The Kier molecular flexibility index (Phi) is 9.44.